The number of carbonyl (C=O) groups is 1. The van der Waals surface area contributed by atoms with E-state index in [0.717, 1.165) is 10.6 Å². The minimum absolute atomic E-state index is 0.279. The molecule has 0 fully saturated rings. The lowest BCUT2D eigenvalue weighted by Crippen LogP contribution is -2.37. The molecule has 8 heteroatoms. The van der Waals surface area contributed by atoms with Crippen molar-refractivity contribution < 1.29 is 22.3 Å². The van der Waals surface area contributed by atoms with E-state index in [2.05, 4.69) is 5.32 Å². The highest BCUT2D eigenvalue weighted by Gasteiger charge is 2.23. The Morgan fingerprint density at radius 2 is 1.80 bits per heavy atom. The number of hydrogen-bond acceptors (Lipinski definition) is 4. The molecule has 2 rings (SSSR count). The number of anilines is 2. The summed E-state index contributed by atoms with van der Waals surface area (Å²) in [4.78, 5) is 12.2. The largest absolute Gasteiger partial charge is 0.492 e. The maximum absolute atomic E-state index is 12.9. The predicted octanol–water partition coefficient (Wildman–Crippen LogP) is 2.63. The Morgan fingerprint density at radius 3 is 2.40 bits per heavy atom. The van der Waals surface area contributed by atoms with Gasteiger partial charge in [0.25, 0.3) is 0 Å². The van der Waals surface area contributed by atoms with Gasteiger partial charge in [-0.1, -0.05) is 12.1 Å². The number of hydrogen-bond donors (Lipinski definition) is 1. The van der Waals surface area contributed by atoms with Gasteiger partial charge in [0, 0.05) is 5.69 Å². The first-order valence-electron chi connectivity index (χ1n) is 7.56. The van der Waals surface area contributed by atoms with Gasteiger partial charge < -0.3 is 10.1 Å². The van der Waals surface area contributed by atoms with Crippen LogP contribution in [0.2, 0.25) is 0 Å². The highest BCUT2D eigenvalue weighted by molar-refractivity contribution is 7.92. The molecule has 0 saturated heterocycles. The van der Waals surface area contributed by atoms with Gasteiger partial charge in [0.1, 0.15) is 18.1 Å². The highest BCUT2D eigenvalue weighted by atomic mass is 32.2. The quantitative estimate of drug-likeness (QED) is 0.817. The number of amides is 1. The summed E-state index contributed by atoms with van der Waals surface area (Å²) in [5, 5.41) is 2.54. The average Bonchev–Trinajstić information content (AvgIpc) is 2.55. The third-order valence-corrected chi connectivity index (χ3v) is 4.38. The SMILES string of the molecule is CCOc1ccccc1N(CC(=O)Nc1ccc(F)cc1)S(C)(=O)=O. The summed E-state index contributed by atoms with van der Waals surface area (Å²) in [6.07, 6.45) is 1.01. The van der Waals surface area contributed by atoms with Crippen LogP contribution in [0.25, 0.3) is 0 Å². The van der Waals surface area contributed by atoms with Gasteiger partial charge in [-0.05, 0) is 43.3 Å². The van der Waals surface area contributed by atoms with Crippen LogP contribution in [-0.4, -0.2) is 33.7 Å². The predicted molar refractivity (Wildman–Crippen MR) is 94.8 cm³/mol. The molecule has 0 atom stereocenters. The summed E-state index contributed by atoms with van der Waals surface area (Å²) in [7, 11) is -3.72. The van der Waals surface area contributed by atoms with Crippen LogP contribution < -0.4 is 14.4 Å². The molecule has 0 bridgehead atoms. The molecule has 0 aliphatic carbocycles. The topological polar surface area (TPSA) is 75.7 Å². The monoisotopic (exact) mass is 366 g/mol. The van der Waals surface area contributed by atoms with Crippen molar-refractivity contribution in [1.82, 2.24) is 0 Å². The second-order valence-electron chi connectivity index (χ2n) is 5.23. The van der Waals surface area contributed by atoms with Crippen LogP contribution in [0.15, 0.2) is 48.5 Å². The molecule has 25 heavy (non-hydrogen) atoms. The Bertz CT molecular complexity index is 838. The van der Waals surface area contributed by atoms with E-state index >= 15 is 0 Å². The lowest BCUT2D eigenvalue weighted by molar-refractivity contribution is -0.114. The molecule has 6 nitrogen and oxygen atoms in total. The summed E-state index contributed by atoms with van der Waals surface area (Å²) in [6.45, 7) is 1.71. The number of benzene rings is 2. The van der Waals surface area contributed by atoms with Gasteiger partial charge >= 0.3 is 0 Å². The highest BCUT2D eigenvalue weighted by Crippen LogP contribution is 2.29. The Balaban J connectivity index is 2.24. The van der Waals surface area contributed by atoms with E-state index in [1.165, 1.54) is 24.3 Å². The van der Waals surface area contributed by atoms with Gasteiger partial charge in [0.2, 0.25) is 15.9 Å². The number of nitrogens with one attached hydrogen (secondary N) is 1. The molecule has 0 radical (unpaired) electrons. The Labute approximate surface area is 146 Å². The zero-order valence-electron chi connectivity index (χ0n) is 13.9. The molecule has 134 valence electrons. The number of para-hydroxylation sites is 2. The second-order valence-corrected chi connectivity index (χ2v) is 7.13. The summed E-state index contributed by atoms with van der Waals surface area (Å²) < 4.78 is 43.7. The van der Waals surface area contributed by atoms with Crippen molar-refractivity contribution in [3.63, 3.8) is 0 Å². The van der Waals surface area contributed by atoms with Gasteiger partial charge in [0.05, 0.1) is 18.6 Å². The summed E-state index contributed by atoms with van der Waals surface area (Å²) in [6, 6.07) is 11.8. The minimum atomic E-state index is -3.72. The van der Waals surface area contributed by atoms with E-state index in [1.807, 2.05) is 0 Å². The number of carbonyl (C=O) groups excluding carboxylic acids is 1. The Morgan fingerprint density at radius 1 is 1.16 bits per heavy atom. The second kappa shape index (κ2) is 7.98. The van der Waals surface area contributed by atoms with Crippen LogP contribution in [0.4, 0.5) is 15.8 Å². The van der Waals surface area contributed by atoms with Crippen LogP contribution in [0.5, 0.6) is 5.75 Å². The molecule has 2 aromatic carbocycles. The number of nitrogens with zero attached hydrogens (tertiary/aromatic N) is 1. The van der Waals surface area contributed by atoms with Crippen molar-refractivity contribution in [2.24, 2.45) is 0 Å². The Hall–Kier alpha value is -2.61. The number of halogens is 1. The van der Waals surface area contributed by atoms with Crippen molar-refractivity contribution in [2.45, 2.75) is 6.92 Å². The van der Waals surface area contributed by atoms with Gasteiger partial charge in [0.15, 0.2) is 0 Å². The molecule has 0 aliphatic rings. The summed E-state index contributed by atoms with van der Waals surface area (Å²) in [5.74, 6) is -0.616. The first-order chi connectivity index (χ1) is 11.8. The smallest absolute Gasteiger partial charge is 0.245 e. The third kappa shape index (κ3) is 5.18. The summed E-state index contributed by atoms with van der Waals surface area (Å²) >= 11 is 0. The number of rotatable bonds is 7. The fourth-order valence-corrected chi connectivity index (χ4v) is 3.05. The van der Waals surface area contributed by atoms with Crippen molar-refractivity contribution in [2.75, 3.05) is 29.0 Å². The average molecular weight is 366 g/mol. The molecular weight excluding hydrogens is 347 g/mol. The third-order valence-electron chi connectivity index (χ3n) is 3.25. The fourth-order valence-electron chi connectivity index (χ4n) is 2.19. The number of ether oxygens (including phenoxy) is 1. The zero-order valence-corrected chi connectivity index (χ0v) is 14.7. The van der Waals surface area contributed by atoms with E-state index in [9.17, 15) is 17.6 Å². The molecule has 0 aliphatic heterocycles. The first kappa shape index (κ1) is 18.7. The molecule has 0 heterocycles. The maximum Gasteiger partial charge on any atom is 0.245 e. The molecule has 0 aromatic heterocycles. The lowest BCUT2D eigenvalue weighted by atomic mass is 10.3. The molecular formula is C17H19FN2O4S. The fraction of sp³-hybridized carbons (Fsp3) is 0.235. The molecule has 2 aromatic rings. The van der Waals surface area contributed by atoms with Crippen LogP contribution in [0.1, 0.15) is 6.92 Å². The summed E-state index contributed by atoms with van der Waals surface area (Å²) in [5.41, 5.74) is 0.652. The molecule has 0 unspecified atom stereocenters. The van der Waals surface area contributed by atoms with Crippen LogP contribution >= 0.6 is 0 Å². The maximum atomic E-state index is 12.9. The Kier molecular flexibility index (Phi) is 5.97. The van der Waals surface area contributed by atoms with E-state index in [4.69, 9.17) is 4.74 Å². The van der Waals surface area contributed by atoms with Gasteiger partial charge in [-0.2, -0.15) is 0 Å². The normalized spacial score (nSPS) is 11.0. The van der Waals surface area contributed by atoms with E-state index < -0.39 is 28.3 Å². The first-order valence-corrected chi connectivity index (χ1v) is 9.41. The van der Waals surface area contributed by atoms with Crippen molar-refractivity contribution >= 4 is 27.3 Å². The van der Waals surface area contributed by atoms with E-state index in [0.29, 0.717) is 18.0 Å². The minimum Gasteiger partial charge on any atom is -0.492 e. The van der Waals surface area contributed by atoms with E-state index in [1.54, 1.807) is 31.2 Å². The number of sulfonamides is 1. The molecule has 1 amide bonds. The van der Waals surface area contributed by atoms with Gasteiger partial charge in [-0.15, -0.1) is 0 Å². The van der Waals surface area contributed by atoms with Crippen LogP contribution in [0, 0.1) is 5.82 Å². The van der Waals surface area contributed by atoms with Crippen molar-refractivity contribution in [3.05, 3.63) is 54.3 Å². The van der Waals surface area contributed by atoms with Crippen molar-refractivity contribution in [1.29, 1.82) is 0 Å². The lowest BCUT2D eigenvalue weighted by Gasteiger charge is -2.24. The standard InChI is InChI=1S/C17H19FN2O4S/c1-3-24-16-7-5-4-6-15(16)20(25(2,22)23)12-17(21)19-14-10-8-13(18)9-11-14/h4-11H,3,12H2,1-2H3,(H,19,21). The van der Waals surface area contributed by atoms with Crippen LogP contribution in [-0.2, 0) is 14.8 Å². The zero-order chi connectivity index (χ0) is 18.4. The molecule has 0 saturated carbocycles. The van der Waals surface area contributed by atoms with Gasteiger partial charge in [-0.25, -0.2) is 12.8 Å². The van der Waals surface area contributed by atoms with E-state index in [-0.39, 0.29) is 5.69 Å². The van der Waals surface area contributed by atoms with Crippen LogP contribution in [0.3, 0.4) is 0 Å². The van der Waals surface area contributed by atoms with Crippen molar-refractivity contribution in [3.8, 4) is 5.75 Å². The molecule has 0 spiro atoms. The molecule has 1 N–H and O–H groups in total. The van der Waals surface area contributed by atoms with Gasteiger partial charge in [-0.3, -0.25) is 9.10 Å².